The third-order valence-corrected chi connectivity index (χ3v) is 2.26. The number of carboxylic acids is 1. The molecular formula is C10H8F6N2O3. The van der Waals surface area contributed by atoms with Crippen molar-refractivity contribution in [2.45, 2.75) is 25.5 Å². The standard InChI is InChI=1S/C10H8F6N2O3/c11-9(12,13)8-4(1-7(19)20)6(21-10(14,15)16)3-18-5(8)2-17/h3H,1-2,17H2,(H,19,20). The Labute approximate surface area is 113 Å². The molecule has 5 nitrogen and oxygen atoms in total. The van der Waals surface area contributed by atoms with Gasteiger partial charge in [-0.2, -0.15) is 13.2 Å². The molecular weight excluding hydrogens is 310 g/mol. The molecule has 0 aliphatic heterocycles. The molecule has 0 atom stereocenters. The first-order chi connectivity index (χ1) is 9.45. The van der Waals surface area contributed by atoms with Crippen LogP contribution in [0.4, 0.5) is 26.3 Å². The fraction of sp³-hybridized carbons (Fsp3) is 0.400. The molecule has 11 heteroatoms. The normalized spacial score (nSPS) is 12.3. The number of aliphatic carboxylic acids is 1. The lowest BCUT2D eigenvalue weighted by Crippen LogP contribution is -2.23. The number of nitrogens with two attached hydrogens (primary N) is 1. The molecule has 0 spiro atoms. The quantitative estimate of drug-likeness (QED) is 0.830. The van der Waals surface area contributed by atoms with Crippen LogP contribution in [0.15, 0.2) is 6.20 Å². The highest BCUT2D eigenvalue weighted by Gasteiger charge is 2.41. The summed E-state index contributed by atoms with van der Waals surface area (Å²) in [4.78, 5) is 13.8. The van der Waals surface area contributed by atoms with Gasteiger partial charge in [0.15, 0.2) is 5.75 Å². The number of alkyl halides is 6. The Morgan fingerprint density at radius 3 is 2.24 bits per heavy atom. The third kappa shape index (κ3) is 4.48. The van der Waals surface area contributed by atoms with Crippen LogP contribution in [0.5, 0.6) is 5.75 Å². The van der Waals surface area contributed by atoms with Crippen LogP contribution >= 0.6 is 0 Å². The Morgan fingerprint density at radius 2 is 1.86 bits per heavy atom. The maximum absolute atomic E-state index is 12.9. The van der Waals surface area contributed by atoms with Crippen molar-refractivity contribution in [2.75, 3.05) is 0 Å². The van der Waals surface area contributed by atoms with Crippen LogP contribution in [0, 0.1) is 0 Å². The highest BCUT2D eigenvalue weighted by Crippen LogP contribution is 2.39. The highest BCUT2D eigenvalue weighted by atomic mass is 19.4. The zero-order valence-electron chi connectivity index (χ0n) is 10.0. The summed E-state index contributed by atoms with van der Waals surface area (Å²) in [6, 6.07) is 0. The molecule has 3 N–H and O–H groups in total. The highest BCUT2D eigenvalue weighted by molar-refractivity contribution is 5.72. The monoisotopic (exact) mass is 318 g/mol. The van der Waals surface area contributed by atoms with E-state index in [0.717, 1.165) is 0 Å². The first-order valence-corrected chi connectivity index (χ1v) is 5.21. The summed E-state index contributed by atoms with van der Waals surface area (Å²) in [6.45, 7) is -0.728. The van der Waals surface area contributed by atoms with Crippen LogP contribution in [0.2, 0.25) is 0 Å². The van der Waals surface area contributed by atoms with Gasteiger partial charge in [-0.1, -0.05) is 0 Å². The first kappa shape index (κ1) is 17.0. The van der Waals surface area contributed by atoms with Crippen molar-refractivity contribution < 1.29 is 41.0 Å². The fourth-order valence-corrected chi connectivity index (χ4v) is 1.61. The predicted octanol–water partition coefficient (Wildman–Crippen LogP) is 2.08. The Balaban J connectivity index is 3.56. The topological polar surface area (TPSA) is 85.4 Å². The van der Waals surface area contributed by atoms with Gasteiger partial charge in [0.05, 0.1) is 23.9 Å². The Kier molecular flexibility index (Phi) is 4.66. The number of hydrogen-bond donors (Lipinski definition) is 2. The van der Waals surface area contributed by atoms with E-state index >= 15 is 0 Å². The molecule has 0 radical (unpaired) electrons. The van der Waals surface area contributed by atoms with Crippen LogP contribution in [-0.4, -0.2) is 22.4 Å². The maximum Gasteiger partial charge on any atom is 0.573 e. The van der Waals surface area contributed by atoms with Crippen molar-refractivity contribution in [1.82, 2.24) is 4.98 Å². The lowest BCUT2D eigenvalue weighted by atomic mass is 10.0. The summed E-state index contributed by atoms with van der Waals surface area (Å²) in [6.07, 6.45) is -11.4. The minimum atomic E-state index is -5.29. The molecule has 0 aliphatic rings. The molecule has 0 saturated heterocycles. The van der Waals surface area contributed by atoms with Crippen LogP contribution in [0.1, 0.15) is 16.8 Å². The van der Waals surface area contributed by atoms with E-state index in [2.05, 4.69) is 9.72 Å². The summed E-state index contributed by atoms with van der Waals surface area (Å²) < 4.78 is 78.7. The third-order valence-electron chi connectivity index (χ3n) is 2.26. The molecule has 1 rings (SSSR count). The maximum atomic E-state index is 12.9. The number of halogens is 6. The van der Waals surface area contributed by atoms with Crippen molar-refractivity contribution in [3.05, 3.63) is 23.0 Å². The van der Waals surface area contributed by atoms with Crippen LogP contribution < -0.4 is 10.5 Å². The van der Waals surface area contributed by atoms with Gasteiger partial charge >= 0.3 is 18.5 Å². The molecule has 1 aromatic rings. The van der Waals surface area contributed by atoms with Crippen LogP contribution in [0.3, 0.4) is 0 Å². The van der Waals surface area contributed by atoms with E-state index in [0.29, 0.717) is 6.20 Å². The number of aromatic nitrogens is 1. The van der Waals surface area contributed by atoms with Crippen LogP contribution in [0.25, 0.3) is 0 Å². The van der Waals surface area contributed by atoms with E-state index in [1.807, 2.05) is 0 Å². The second-order valence-corrected chi connectivity index (χ2v) is 3.74. The van der Waals surface area contributed by atoms with Gasteiger partial charge < -0.3 is 15.6 Å². The molecule has 0 amide bonds. The Bertz CT molecular complexity index is 541. The molecule has 0 bridgehead atoms. The SMILES string of the molecule is NCc1ncc(OC(F)(F)F)c(CC(=O)O)c1C(F)(F)F. The fourth-order valence-electron chi connectivity index (χ4n) is 1.61. The van der Waals surface area contributed by atoms with Gasteiger partial charge in [0.2, 0.25) is 0 Å². The molecule has 1 aromatic heterocycles. The predicted molar refractivity (Wildman–Crippen MR) is 55.2 cm³/mol. The van der Waals surface area contributed by atoms with E-state index in [4.69, 9.17) is 10.8 Å². The van der Waals surface area contributed by atoms with E-state index in [9.17, 15) is 31.1 Å². The number of carbonyl (C=O) groups is 1. The molecule has 0 saturated carbocycles. The van der Waals surface area contributed by atoms with E-state index < -0.39 is 54.0 Å². The lowest BCUT2D eigenvalue weighted by Gasteiger charge is -2.19. The van der Waals surface area contributed by atoms with Gasteiger partial charge in [0.25, 0.3) is 0 Å². The van der Waals surface area contributed by atoms with Gasteiger partial charge in [-0.25, -0.2) is 0 Å². The number of rotatable bonds is 4. The Morgan fingerprint density at radius 1 is 1.29 bits per heavy atom. The minimum absolute atomic E-state index is 0.364. The lowest BCUT2D eigenvalue weighted by molar-refractivity contribution is -0.275. The van der Waals surface area contributed by atoms with Crippen molar-refractivity contribution in [2.24, 2.45) is 5.73 Å². The van der Waals surface area contributed by atoms with E-state index in [-0.39, 0.29) is 0 Å². The molecule has 0 unspecified atom stereocenters. The van der Waals surface area contributed by atoms with Crippen LogP contribution in [-0.2, 0) is 23.9 Å². The summed E-state index contributed by atoms with van der Waals surface area (Å²) in [5, 5.41) is 8.59. The minimum Gasteiger partial charge on any atom is -0.481 e. The number of pyridine rings is 1. The zero-order chi connectivity index (χ0) is 16.4. The van der Waals surface area contributed by atoms with Crippen molar-refractivity contribution >= 4 is 5.97 Å². The number of carboxylic acid groups (broad SMARTS) is 1. The molecule has 0 aromatic carbocycles. The van der Waals surface area contributed by atoms with E-state index in [1.54, 1.807) is 0 Å². The van der Waals surface area contributed by atoms with Gasteiger partial charge in [-0.15, -0.1) is 13.2 Å². The smallest absolute Gasteiger partial charge is 0.481 e. The van der Waals surface area contributed by atoms with Crippen molar-refractivity contribution in [3.63, 3.8) is 0 Å². The average molecular weight is 318 g/mol. The van der Waals surface area contributed by atoms with Gasteiger partial charge in [0.1, 0.15) is 0 Å². The summed E-state index contributed by atoms with van der Waals surface area (Å²) >= 11 is 0. The number of ether oxygens (including phenoxy) is 1. The van der Waals surface area contributed by atoms with Crippen molar-refractivity contribution in [3.8, 4) is 5.75 Å². The largest absolute Gasteiger partial charge is 0.573 e. The summed E-state index contributed by atoms with van der Waals surface area (Å²) in [7, 11) is 0. The van der Waals surface area contributed by atoms with E-state index in [1.165, 1.54) is 0 Å². The summed E-state index contributed by atoms with van der Waals surface area (Å²) in [5.74, 6) is -3.09. The van der Waals surface area contributed by atoms with Gasteiger partial charge in [0, 0.05) is 12.1 Å². The van der Waals surface area contributed by atoms with Gasteiger partial charge in [-0.3, -0.25) is 9.78 Å². The average Bonchev–Trinajstić information content (AvgIpc) is 2.26. The second kappa shape index (κ2) is 5.76. The Hall–Kier alpha value is -2.04. The number of hydrogen-bond acceptors (Lipinski definition) is 4. The number of nitrogens with zero attached hydrogens (tertiary/aromatic N) is 1. The molecule has 1 heterocycles. The van der Waals surface area contributed by atoms with Crippen molar-refractivity contribution in [1.29, 1.82) is 0 Å². The zero-order valence-corrected chi connectivity index (χ0v) is 10.0. The second-order valence-electron chi connectivity index (χ2n) is 3.74. The molecule has 0 aliphatic carbocycles. The summed E-state index contributed by atoms with van der Waals surface area (Å²) in [5.41, 5.74) is 1.47. The first-order valence-electron chi connectivity index (χ1n) is 5.21. The molecule has 118 valence electrons. The van der Waals surface area contributed by atoms with Gasteiger partial charge in [-0.05, 0) is 0 Å². The molecule has 0 fully saturated rings. The molecule has 21 heavy (non-hydrogen) atoms.